The SMILES string of the molecule is CCCn1c(SCc2nc(N)c3c(C)c(C(=O)OCC)sc3n2)nnc1-c1ccncc1. The fourth-order valence-electron chi connectivity index (χ4n) is 3.34. The van der Waals surface area contributed by atoms with Crippen LogP contribution in [-0.4, -0.2) is 42.3 Å². The zero-order valence-corrected chi connectivity index (χ0v) is 19.7. The van der Waals surface area contributed by atoms with E-state index in [1.54, 1.807) is 19.3 Å². The quantitative estimate of drug-likeness (QED) is 0.300. The number of hydrogen-bond donors (Lipinski definition) is 1. The summed E-state index contributed by atoms with van der Waals surface area (Å²) in [5.41, 5.74) is 7.95. The summed E-state index contributed by atoms with van der Waals surface area (Å²) in [7, 11) is 0. The Kier molecular flexibility index (Phi) is 6.66. The van der Waals surface area contributed by atoms with E-state index in [1.165, 1.54) is 23.1 Å². The van der Waals surface area contributed by atoms with Crippen LogP contribution in [0.5, 0.6) is 0 Å². The summed E-state index contributed by atoms with van der Waals surface area (Å²) in [6.07, 6.45) is 4.43. The van der Waals surface area contributed by atoms with Crippen LogP contribution < -0.4 is 5.73 Å². The van der Waals surface area contributed by atoms with Crippen LogP contribution in [0, 0.1) is 6.92 Å². The first-order valence-electron chi connectivity index (χ1n) is 10.2. The lowest BCUT2D eigenvalue weighted by molar-refractivity contribution is 0.0531. The average Bonchev–Trinajstić information content (AvgIpc) is 3.34. The molecule has 166 valence electrons. The third-order valence-electron chi connectivity index (χ3n) is 4.76. The molecule has 0 radical (unpaired) electrons. The Morgan fingerprint density at radius 1 is 1.22 bits per heavy atom. The minimum absolute atomic E-state index is 0.315. The topological polar surface area (TPSA) is 122 Å². The molecule has 0 spiro atoms. The first-order chi connectivity index (χ1) is 15.5. The van der Waals surface area contributed by atoms with Gasteiger partial charge >= 0.3 is 5.97 Å². The highest BCUT2D eigenvalue weighted by molar-refractivity contribution is 7.98. The maximum atomic E-state index is 12.2. The maximum absolute atomic E-state index is 12.2. The van der Waals surface area contributed by atoms with Crippen LogP contribution in [-0.2, 0) is 17.0 Å². The van der Waals surface area contributed by atoms with E-state index in [1.807, 2.05) is 19.1 Å². The molecule has 0 aromatic carbocycles. The molecule has 0 aliphatic heterocycles. The molecule has 4 heterocycles. The number of carbonyl (C=O) groups is 1. The van der Waals surface area contributed by atoms with Crippen LogP contribution >= 0.6 is 23.1 Å². The van der Waals surface area contributed by atoms with E-state index in [9.17, 15) is 4.79 Å². The molecule has 0 aliphatic carbocycles. The van der Waals surface area contributed by atoms with Crippen molar-refractivity contribution in [2.45, 2.75) is 44.6 Å². The third kappa shape index (κ3) is 4.30. The second-order valence-corrected chi connectivity index (χ2v) is 8.91. The average molecular weight is 470 g/mol. The lowest BCUT2D eigenvalue weighted by Crippen LogP contribution is -2.04. The number of hydrogen-bond acceptors (Lipinski definition) is 10. The molecule has 0 aliphatic rings. The number of aryl methyl sites for hydroxylation is 1. The summed E-state index contributed by atoms with van der Waals surface area (Å²) in [6, 6.07) is 3.84. The third-order valence-corrected chi connectivity index (χ3v) is 6.89. The molecule has 0 saturated carbocycles. The second kappa shape index (κ2) is 9.61. The molecule has 9 nitrogen and oxygen atoms in total. The number of pyridine rings is 1. The first-order valence-corrected chi connectivity index (χ1v) is 12.0. The van der Waals surface area contributed by atoms with Crippen molar-refractivity contribution in [3.05, 3.63) is 40.8 Å². The molecule has 0 saturated heterocycles. The van der Waals surface area contributed by atoms with Crippen molar-refractivity contribution >= 4 is 45.1 Å². The lowest BCUT2D eigenvalue weighted by Gasteiger charge is -2.08. The van der Waals surface area contributed by atoms with Crippen molar-refractivity contribution in [2.75, 3.05) is 12.3 Å². The number of nitrogen functional groups attached to an aromatic ring is 1. The van der Waals surface area contributed by atoms with Crippen LogP contribution in [0.15, 0.2) is 29.7 Å². The Hall–Kier alpha value is -3.05. The van der Waals surface area contributed by atoms with Gasteiger partial charge in [0.2, 0.25) is 0 Å². The summed E-state index contributed by atoms with van der Waals surface area (Å²) >= 11 is 2.79. The molecule has 0 unspecified atom stereocenters. The molecule has 0 atom stereocenters. The number of carbonyl (C=O) groups excluding carboxylic acids is 1. The van der Waals surface area contributed by atoms with E-state index in [0.717, 1.165) is 35.1 Å². The minimum atomic E-state index is -0.361. The number of aromatic nitrogens is 6. The van der Waals surface area contributed by atoms with Crippen molar-refractivity contribution in [1.82, 2.24) is 29.7 Å². The molecule has 4 rings (SSSR count). The number of fused-ring (bicyclic) bond motifs is 1. The minimum Gasteiger partial charge on any atom is -0.462 e. The van der Waals surface area contributed by atoms with Gasteiger partial charge in [-0.3, -0.25) is 4.98 Å². The highest BCUT2D eigenvalue weighted by atomic mass is 32.2. The molecule has 0 fully saturated rings. The van der Waals surface area contributed by atoms with Gasteiger partial charge < -0.3 is 15.0 Å². The van der Waals surface area contributed by atoms with Gasteiger partial charge in [0.15, 0.2) is 11.0 Å². The Morgan fingerprint density at radius 3 is 2.72 bits per heavy atom. The number of nitrogens with zero attached hydrogens (tertiary/aromatic N) is 6. The van der Waals surface area contributed by atoms with Gasteiger partial charge in [-0.25, -0.2) is 14.8 Å². The highest BCUT2D eigenvalue weighted by Crippen LogP contribution is 2.34. The fourth-order valence-corrected chi connectivity index (χ4v) is 5.26. The summed E-state index contributed by atoms with van der Waals surface area (Å²) in [5, 5.41) is 10.3. The number of rotatable bonds is 8. The fraction of sp³-hybridized carbons (Fsp3) is 0.333. The van der Waals surface area contributed by atoms with Crippen LogP contribution in [0.4, 0.5) is 5.82 Å². The van der Waals surface area contributed by atoms with Gasteiger partial charge in [-0.05, 0) is 38.0 Å². The number of ether oxygens (including phenoxy) is 1. The Bertz CT molecular complexity index is 1250. The van der Waals surface area contributed by atoms with Gasteiger partial charge in [-0.1, -0.05) is 18.7 Å². The van der Waals surface area contributed by atoms with Crippen molar-refractivity contribution in [3.63, 3.8) is 0 Å². The van der Waals surface area contributed by atoms with Crippen LogP contribution in [0.2, 0.25) is 0 Å². The summed E-state index contributed by atoms with van der Waals surface area (Å²) in [4.78, 5) is 26.6. The van der Waals surface area contributed by atoms with Crippen LogP contribution in [0.3, 0.4) is 0 Å². The van der Waals surface area contributed by atoms with E-state index in [-0.39, 0.29) is 5.97 Å². The van der Waals surface area contributed by atoms with Crippen LogP contribution in [0.25, 0.3) is 21.6 Å². The molecule has 0 amide bonds. The molecule has 0 bridgehead atoms. The normalized spacial score (nSPS) is 11.2. The second-order valence-electron chi connectivity index (χ2n) is 6.96. The Labute approximate surface area is 193 Å². The number of anilines is 1. The lowest BCUT2D eigenvalue weighted by atomic mass is 10.2. The zero-order valence-electron chi connectivity index (χ0n) is 18.0. The number of esters is 1. The van der Waals surface area contributed by atoms with E-state index < -0.39 is 0 Å². The smallest absolute Gasteiger partial charge is 0.348 e. The van der Waals surface area contributed by atoms with Crippen LogP contribution in [0.1, 0.15) is 41.3 Å². The van der Waals surface area contributed by atoms with E-state index in [2.05, 4.69) is 36.6 Å². The van der Waals surface area contributed by atoms with Crippen molar-refractivity contribution < 1.29 is 9.53 Å². The van der Waals surface area contributed by atoms with E-state index in [4.69, 9.17) is 10.5 Å². The van der Waals surface area contributed by atoms with Crippen molar-refractivity contribution in [1.29, 1.82) is 0 Å². The summed E-state index contributed by atoms with van der Waals surface area (Å²) in [5.74, 6) is 1.86. The number of thioether (sulfide) groups is 1. The predicted octanol–water partition coefficient (Wildman–Crippen LogP) is 4.11. The highest BCUT2D eigenvalue weighted by Gasteiger charge is 2.21. The Morgan fingerprint density at radius 2 is 2.00 bits per heavy atom. The number of thiophene rings is 1. The van der Waals surface area contributed by atoms with Crippen molar-refractivity contribution in [2.24, 2.45) is 0 Å². The summed E-state index contributed by atoms with van der Waals surface area (Å²) in [6.45, 7) is 6.84. The van der Waals surface area contributed by atoms with E-state index in [0.29, 0.717) is 39.1 Å². The van der Waals surface area contributed by atoms with Gasteiger partial charge in [0.25, 0.3) is 0 Å². The van der Waals surface area contributed by atoms with Gasteiger partial charge in [-0.15, -0.1) is 21.5 Å². The van der Waals surface area contributed by atoms with Gasteiger partial charge in [0, 0.05) is 24.5 Å². The molecule has 32 heavy (non-hydrogen) atoms. The maximum Gasteiger partial charge on any atom is 0.348 e. The monoisotopic (exact) mass is 469 g/mol. The first kappa shape index (κ1) is 22.2. The largest absolute Gasteiger partial charge is 0.462 e. The predicted molar refractivity (Wildman–Crippen MR) is 126 cm³/mol. The number of nitrogens with two attached hydrogens (primary N) is 1. The standard InChI is InChI=1S/C21H23N7O2S2/c1-4-10-28-18(13-6-8-23-9-7-13)26-27-21(28)31-11-14-24-17(22)15-12(3)16(20(29)30-5-2)32-19(15)25-14/h6-9H,4-5,10-11H2,1-3H3,(H2,22,24,25). The van der Waals surface area contributed by atoms with Gasteiger partial charge in [-0.2, -0.15) is 0 Å². The molecule has 4 aromatic rings. The Balaban J connectivity index is 1.61. The zero-order chi connectivity index (χ0) is 22.7. The molecule has 4 aromatic heterocycles. The molecular formula is C21H23N7O2S2. The molecule has 11 heteroatoms. The van der Waals surface area contributed by atoms with Gasteiger partial charge in [0.1, 0.15) is 21.3 Å². The van der Waals surface area contributed by atoms with Gasteiger partial charge in [0.05, 0.1) is 17.7 Å². The summed E-state index contributed by atoms with van der Waals surface area (Å²) < 4.78 is 7.24. The van der Waals surface area contributed by atoms with Crippen molar-refractivity contribution in [3.8, 4) is 11.4 Å². The van der Waals surface area contributed by atoms with E-state index >= 15 is 0 Å². The molecule has 2 N–H and O–H groups in total. The molecular weight excluding hydrogens is 446 g/mol.